The van der Waals surface area contributed by atoms with Crippen LogP contribution in [0.15, 0.2) is 12.4 Å². The van der Waals surface area contributed by atoms with Crippen LogP contribution in [-0.2, 0) is 5.41 Å². The van der Waals surface area contributed by atoms with E-state index in [1.54, 1.807) is 0 Å². The molecule has 16 heavy (non-hydrogen) atoms. The molecule has 0 atom stereocenters. The van der Waals surface area contributed by atoms with Gasteiger partial charge in [-0.2, -0.15) is 5.10 Å². The number of nitrogens with two attached hydrogens (primary N) is 1. The van der Waals surface area contributed by atoms with E-state index in [1.165, 1.54) is 37.7 Å². The summed E-state index contributed by atoms with van der Waals surface area (Å²) in [7, 11) is 0. The van der Waals surface area contributed by atoms with Gasteiger partial charge >= 0.3 is 0 Å². The van der Waals surface area contributed by atoms with Crippen LogP contribution in [0.2, 0.25) is 0 Å². The Hall–Kier alpha value is -0.830. The maximum Gasteiger partial charge on any atom is 0.0528 e. The predicted molar refractivity (Wildman–Crippen MR) is 66.4 cm³/mol. The maximum absolute atomic E-state index is 6.02. The van der Waals surface area contributed by atoms with Gasteiger partial charge in [0.15, 0.2) is 0 Å². The van der Waals surface area contributed by atoms with Crippen LogP contribution in [0, 0.1) is 0 Å². The van der Waals surface area contributed by atoms with E-state index in [2.05, 4.69) is 25.1 Å². The lowest BCUT2D eigenvalue weighted by molar-refractivity contribution is 0.300. The van der Waals surface area contributed by atoms with Gasteiger partial charge in [0.05, 0.1) is 6.20 Å². The lowest BCUT2D eigenvalue weighted by atomic mass is 9.70. The van der Waals surface area contributed by atoms with E-state index < -0.39 is 0 Å². The van der Waals surface area contributed by atoms with Gasteiger partial charge in [0.2, 0.25) is 0 Å². The number of hydrogen-bond donors (Lipinski definition) is 1. The minimum atomic E-state index is 0.214. The summed E-state index contributed by atoms with van der Waals surface area (Å²) >= 11 is 0. The third-order valence-corrected chi connectivity index (χ3v) is 3.94. The van der Waals surface area contributed by atoms with Gasteiger partial charge < -0.3 is 5.73 Å². The summed E-state index contributed by atoms with van der Waals surface area (Å²) in [5.74, 6) is 0. The maximum atomic E-state index is 6.02. The van der Waals surface area contributed by atoms with E-state index in [9.17, 15) is 0 Å². The van der Waals surface area contributed by atoms with Crippen molar-refractivity contribution in [2.75, 3.05) is 6.54 Å². The summed E-state index contributed by atoms with van der Waals surface area (Å²) in [6, 6.07) is 0.437. The summed E-state index contributed by atoms with van der Waals surface area (Å²) < 4.78 is 2.04. The van der Waals surface area contributed by atoms with Crippen molar-refractivity contribution in [1.29, 1.82) is 0 Å². The average Bonchev–Trinajstić information content (AvgIpc) is 2.80. The lowest BCUT2D eigenvalue weighted by Gasteiger charge is -2.35. The minimum absolute atomic E-state index is 0.214. The molecular weight excluding hydrogens is 198 g/mol. The summed E-state index contributed by atoms with van der Waals surface area (Å²) in [5, 5.41) is 4.44. The Morgan fingerprint density at radius 3 is 2.56 bits per heavy atom. The zero-order chi connectivity index (χ0) is 11.6. The van der Waals surface area contributed by atoms with Crippen LogP contribution in [0.4, 0.5) is 0 Å². The van der Waals surface area contributed by atoms with E-state index in [-0.39, 0.29) is 5.41 Å². The average molecular weight is 221 g/mol. The highest BCUT2D eigenvalue weighted by atomic mass is 15.3. The van der Waals surface area contributed by atoms with Gasteiger partial charge in [0.25, 0.3) is 0 Å². The Bertz CT molecular complexity index is 335. The van der Waals surface area contributed by atoms with Crippen LogP contribution in [0.1, 0.15) is 57.6 Å². The Morgan fingerprint density at radius 1 is 1.38 bits per heavy atom. The van der Waals surface area contributed by atoms with Crippen LogP contribution in [0.3, 0.4) is 0 Å². The number of rotatable bonds is 3. The first-order chi connectivity index (χ1) is 7.68. The van der Waals surface area contributed by atoms with E-state index >= 15 is 0 Å². The molecule has 1 heterocycles. The second-order valence-electron chi connectivity index (χ2n) is 5.35. The molecule has 0 amide bonds. The first-order valence-corrected chi connectivity index (χ1v) is 6.43. The van der Waals surface area contributed by atoms with Gasteiger partial charge in [-0.05, 0) is 32.3 Å². The van der Waals surface area contributed by atoms with Crippen molar-refractivity contribution in [3.63, 3.8) is 0 Å². The molecule has 3 heteroatoms. The van der Waals surface area contributed by atoms with E-state index in [1.807, 2.05) is 10.9 Å². The summed E-state index contributed by atoms with van der Waals surface area (Å²) in [6.07, 6.45) is 10.7. The zero-order valence-electron chi connectivity index (χ0n) is 10.4. The second kappa shape index (κ2) is 4.58. The number of hydrogen-bond acceptors (Lipinski definition) is 2. The van der Waals surface area contributed by atoms with Crippen LogP contribution in [-0.4, -0.2) is 16.3 Å². The third-order valence-electron chi connectivity index (χ3n) is 3.94. The Labute approximate surface area is 98.0 Å². The highest BCUT2D eigenvalue weighted by molar-refractivity contribution is 5.21. The smallest absolute Gasteiger partial charge is 0.0528 e. The molecule has 1 aromatic rings. The first-order valence-electron chi connectivity index (χ1n) is 6.43. The fourth-order valence-corrected chi connectivity index (χ4v) is 2.73. The van der Waals surface area contributed by atoms with Crippen molar-refractivity contribution in [3.8, 4) is 0 Å². The van der Waals surface area contributed by atoms with Crippen molar-refractivity contribution in [2.45, 2.75) is 57.4 Å². The Morgan fingerprint density at radius 2 is 2.06 bits per heavy atom. The summed E-state index contributed by atoms with van der Waals surface area (Å²) in [5.41, 5.74) is 7.58. The molecule has 3 nitrogen and oxygen atoms in total. The van der Waals surface area contributed by atoms with Crippen LogP contribution in [0.5, 0.6) is 0 Å². The predicted octanol–water partition coefficient (Wildman–Crippen LogP) is 2.62. The molecule has 0 aliphatic heterocycles. The van der Waals surface area contributed by atoms with Crippen molar-refractivity contribution in [1.82, 2.24) is 9.78 Å². The first kappa shape index (κ1) is 11.6. The van der Waals surface area contributed by atoms with E-state index in [0.29, 0.717) is 6.04 Å². The Balaban J connectivity index is 2.25. The molecule has 1 saturated carbocycles. The highest BCUT2D eigenvalue weighted by Crippen LogP contribution is 2.38. The van der Waals surface area contributed by atoms with Gasteiger partial charge in [-0.25, -0.2) is 0 Å². The van der Waals surface area contributed by atoms with Crippen molar-refractivity contribution in [2.24, 2.45) is 5.73 Å². The topological polar surface area (TPSA) is 43.8 Å². The standard InChI is InChI=1S/C13H23N3/c1-11(2)16-9-12(8-15-16)13(10-14)6-4-3-5-7-13/h8-9,11H,3-7,10,14H2,1-2H3. The molecule has 0 bridgehead atoms. The van der Waals surface area contributed by atoms with Gasteiger partial charge in [0, 0.05) is 24.2 Å². The van der Waals surface area contributed by atoms with Crippen molar-refractivity contribution in [3.05, 3.63) is 18.0 Å². The normalized spacial score (nSPS) is 20.2. The molecular formula is C13H23N3. The molecule has 0 unspecified atom stereocenters. The van der Waals surface area contributed by atoms with Gasteiger partial charge in [-0.15, -0.1) is 0 Å². The largest absolute Gasteiger partial charge is 0.330 e. The van der Waals surface area contributed by atoms with Crippen molar-refractivity contribution >= 4 is 0 Å². The van der Waals surface area contributed by atoms with E-state index in [0.717, 1.165) is 6.54 Å². The van der Waals surface area contributed by atoms with Crippen LogP contribution in [0.25, 0.3) is 0 Å². The van der Waals surface area contributed by atoms with Crippen LogP contribution >= 0.6 is 0 Å². The molecule has 2 rings (SSSR count). The summed E-state index contributed by atoms with van der Waals surface area (Å²) in [6.45, 7) is 5.08. The molecule has 1 aliphatic rings. The highest BCUT2D eigenvalue weighted by Gasteiger charge is 2.33. The molecule has 1 aliphatic carbocycles. The van der Waals surface area contributed by atoms with Gasteiger partial charge in [-0.3, -0.25) is 4.68 Å². The van der Waals surface area contributed by atoms with Gasteiger partial charge in [-0.1, -0.05) is 19.3 Å². The van der Waals surface area contributed by atoms with Gasteiger partial charge in [0.1, 0.15) is 0 Å². The molecule has 0 aromatic carbocycles. The SMILES string of the molecule is CC(C)n1cc(C2(CN)CCCCC2)cn1. The van der Waals surface area contributed by atoms with Crippen LogP contribution < -0.4 is 5.73 Å². The molecule has 1 fully saturated rings. The minimum Gasteiger partial charge on any atom is -0.330 e. The number of aromatic nitrogens is 2. The fraction of sp³-hybridized carbons (Fsp3) is 0.769. The molecule has 0 spiro atoms. The molecule has 0 saturated heterocycles. The lowest BCUT2D eigenvalue weighted by Crippen LogP contribution is -2.36. The molecule has 0 radical (unpaired) electrons. The molecule has 2 N–H and O–H groups in total. The molecule has 1 aromatic heterocycles. The summed E-state index contributed by atoms with van der Waals surface area (Å²) in [4.78, 5) is 0. The zero-order valence-corrected chi connectivity index (χ0v) is 10.4. The fourth-order valence-electron chi connectivity index (χ4n) is 2.73. The third kappa shape index (κ3) is 2.01. The Kier molecular flexibility index (Phi) is 3.33. The number of nitrogens with zero attached hydrogens (tertiary/aromatic N) is 2. The molecule has 90 valence electrons. The van der Waals surface area contributed by atoms with E-state index in [4.69, 9.17) is 5.73 Å². The quantitative estimate of drug-likeness (QED) is 0.852. The monoisotopic (exact) mass is 221 g/mol. The van der Waals surface area contributed by atoms with Crippen molar-refractivity contribution < 1.29 is 0 Å². The second-order valence-corrected chi connectivity index (χ2v) is 5.35.